The minimum atomic E-state index is -0.520. The minimum Gasteiger partial charge on any atom is -0.489 e. The van der Waals surface area contributed by atoms with Gasteiger partial charge in [-0.1, -0.05) is 84.9 Å². The molecule has 0 amide bonds. The van der Waals surface area contributed by atoms with E-state index >= 15 is 0 Å². The molecule has 1 atom stereocenters. The lowest BCUT2D eigenvalue weighted by atomic mass is 9.99. The molecule has 0 saturated carbocycles. The van der Waals surface area contributed by atoms with Gasteiger partial charge in [0.05, 0.1) is 22.3 Å². The molecule has 0 aliphatic carbocycles. The normalized spacial score (nSPS) is 13.9. The van der Waals surface area contributed by atoms with Gasteiger partial charge >= 0.3 is 11.9 Å². The maximum Gasteiger partial charge on any atom is 0.344 e. The molecule has 6 heteroatoms. The topological polar surface area (TPSA) is 71.1 Å². The summed E-state index contributed by atoms with van der Waals surface area (Å²) < 4.78 is 24.5. The molecule has 0 radical (unpaired) electrons. The van der Waals surface area contributed by atoms with Crippen molar-refractivity contribution >= 4 is 33.5 Å². The number of ether oxygens (including phenoxy) is 4. The Morgan fingerprint density at radius 2 is 1.05 bits per heavy atom. The van der Waals surface area contributed by atoms with E-state index in [1.165, 1.54) is 0 Å². The van der Waals surface area contributed by atoms with Crippen molar-refractivity contribution in [2.75, 3.05) is 6.61 Å². The molecule has 0 saturated heterocycles. The standard InChI is InChI=1S/C37H26O6/c1-23-22-40-30-18-8-20-32(42-36(38)28-16-6-12-24-10-2-4-14-26(24)28)34(30)35-31(41-23)19-9-21-33(35)43-37(39)29-17-7-13-25-11-3-5-15-27(25)29/h2-21,23H,22H2,1H3/t23-/m1/s1. The zero-order valence-corrected chi connectivity index (χ0v) is 23.3. The van der Waals surface area contributed by atoms with Crippen LogP contribution in [-0.4, -0.2) is 24.6 Å². The van der Waals surface area contributed by atoms with Crippen molar-refractivity contribution in [1.29, 1.82) is 0 Å². The van der Waals surface area contributed by atoms with Crippen LogP contribution in [0, 0.1) is 0 Å². The first kappa shape index (κ1) is 26.3. The third kappa shape index (κ3) is 4.93. The van der Waals surface area contributed by atoms with Gasteiger partial charge in [0.2, 0.25) is 0 Å². The average Bonchev–Trinajstić information content (AvgIpc) is 3.03. The number of carbonyl (C=O) groups excluding carboxylic acids is 2. The van der Waals surface area contributed by atoms with Crippen LogP contribution in [0.2, 0.25) is 0 Å². The SMILES string of the molecule is C[C@@H]1COc2cccc(OC(=O)c3cccc4ccccc34)c2-c2c(OC(=O)c3cccc4ccccc34)cccc2O1. The van der Waals surface area contributed by atoms with Crippen LogP contribution in [-0.2, 0) is 0 Å². The van der Waals surface area contributed by atoms with Gasteiger partial charge in [0.25, 0.3) is 0 Å². The van der Waals surface area contributed by atoms with Crippen molar-refractivity contribution in [2.45, 2.75) is 13.0 Å². The summed E-state index contributed by atoms with van der Waals surface area (Å²) in [4.78, 5) is 27.3. The number of esters is 2. The highest BCUT2D eigenvalue weighted by Crippen LogP contribution is 2.49. The number of hydrogen-bond donors (Lipinski definition) is 0. The zero-order valence-electron chi connectivity index (χ0n) is 23.3. The third-order valence-electron chi connectivity index (χ3n) is 7.45. The minimum absolute atomic E-state index is 0.253. The van der Waals surface area contributed by atoms with Gasteiger partial charge in [0, 0.05) is 0 Å². The number of benzene rings is 6. The molecule has 210 valence electrons. The van der Waals surface area contributed by atoms with Gasteiger partial charge in [0.1, 0.15) is 35.7 Å². The summed E-state index contributed by atoms with van der Waals surface area (Å²) in [5.41, 5.74) is 1.78. The number of hydrogen-bond acceptors (Lipinski definition) is 6. The molecule has 1 aliphatic rings. The fraction of sp³-hybridized carbons (Fsp3) is 0.0811. The summed E-state index contributed by atoms with van der Waals surface area (Å²) >= 11 is 0. The first-order valence-corrected chi connectivity index (χ1v) is 14.0. The maximum absolute atomic E-state index is 13.6. The predicted octanol–water partition coefficient (Wildman–Crippen LogP) is 8.26. The van der Waals surface area contributed by atoms with Crippen LogP contribution in [0.4, 0.5) is 0 Å². The van der Waals surface area contributed by atoms with Crippen LogP contribution in [0.5, 0.6) is 23.0 Å². The molecule has 0 N–H and O–H groups in total. The van der Waals surface area contributed by atoms with Gasteiger partial charge in [-0.25, -0.2) is 9.59 Å². The maximum atomic E-state index is 13.6. The lowest BCUT2D eigenvalue weighted by Crippen LogP contribution is -2.23. The Balaban J connectivity index is 1.34. The van der Waals surface area contributed by atoms with E-state index in [0.717, 1.165) is 21.5 Å². The Kier molecular flexibility index (Phi) is 6.72. The van der Waals surface area contributed by atoms with Crippen LogP contribution >= 0.6 is 0 Å². The molecule has 0 bridgehead atoms. The van der Waals surface area contributed by atoms with Gasteiger partial charge in [-0.15, -0.1) is 0 Å². The summed E-state index contributed by atoms with van der Waals surface area (Å²) in [5, 5.41) is 3.43. The Morgan fingerprint density at radius 3 is 1.63 bits per heavy atom. The number of carbonyl (C=O) groups is 2. The summed E-state index contributed by atoms with van der Waals surface area (Å²) in [7, 11) is 0. The second kappa shape index (κ2) is 11.0. The van der Waals surface area contributed by atoms with Crippen molar-refractivity contribution < 1.29 is 28.5 Å². The largest absolute Gasteiger partial charge is 0.489 e. The Labute approximate surface area is 248 Å². The Hall–Kier alpha value is -5.62. The highest BCUT2D eigenvalue weighted by atomic mass is 16.6. The quantitative estimate of drug-likeness (QED) is 0.158. The van der Waals surface area contributed by atoms with Crippen LogP contribution in [0.3, 0.4) is 0 Å². The van der Waals surface area contributed by atoms with Gasteiger partial charge in [0.15, 0.2) is 0 Å². The molecular formula is C37H26O6. The van der Waals surface area contributed by atoms with E-state index in [0.29, 0.717) is 33.8 Å². The van der Waals surface area contributed by atoms with E-state index in [4.69, 9.17) is 18.9 Å². The molecule has 7 rings (SSSR count). The van der Waals surface area contributed by atoms with Crippen molar-refractivity contribution in [3.05, 3.63) is 132 Å². The van der Waals surface area contributed by atoms with Crippen LogP contribution in [0.25, 0.3) is 32.7 Å². The summed E-state index contributed by atoms with van der Waals surface area (Å²) in [6.07, 6.45) is -0.294. The van der Waals surface area contributed by atoms with Crippen LogP contribution in [0.1, 0.15) is 27.6 Å². The highest BCUT2D eigenvalue weighted by molar-refractivity contribution is 6.07. The molecule has 0 aromatic heterocycles. The first-order chi connectivity index (χ1) is 21.1. The monoisotopic (exact) mass is 566 g/mol. The fourth-order valence-corrected chi connectivity index (χ4v) is 5.48. The Bertz CT molecular complexity index is 2020. The van der Waals surface area contributed by atoms with Crippen molar-refractivity contribution in [3.63, 3.8) is 0 Å². The Morgan fingerprint density at radius 1 is 0.581 bits per heavy atom. The molecule has 6 aromatic carbocycles. The molecular weight excluding hydrogens is 540 g/mol. The molecule has 0 unspecified atom stereocenters. The van der Waals surface area contributed by atoms with Gasteiger partial charge < -0.3 is 18.9 Å². The van der Waals surface area contributed by atoms with Crippen LogP contribution < -0.4 is 18.9 Å². The van der Waals surface area contributed by atoms with Crippen molar-refractivity contribution in [2.24, 2.45) is 0 Å². The highest BCUT2D eigenvalue weighted by Gasteiger charge is 2.28. The summed E-state index contributed by atoms with van der Waals surface area (Å²) in [6.45, 7) is 2.17. The van der Waals surface area contributed by atoms with Crippen molar-refractivity contribution in [1.82, 2.24) is 0 Å². The zero-order chi connectivity index (χ0) is 29.3. The summed E-state index contributed by atoms with van der Waals surface area (Å²) in [5.74, 6) is 0.426. The molecule has 6 aromatic rings. The van der Waals surface area contributed by atoms with E-state index in [1.54, 1.807) is 48.5 Å². The summed E-state index contributed by atoms with van der Waals surface area (Å²) in [6, 6.07) is 36.9. The van der Waals surface area contributed by atoms with Crippen molar-refractivity contribution in [3.8, 4) is 34.1 Å². The van der Waals surface area contributed by atoms with Gasteiger partial charge in [-0.3, -0.25) is 0 Å². The lowest BCUT2D eigenvalue weighted by molar-refractivity contribution is 0.0722. The number of fused-ring (bicyclic) bond motifs is 5. The van der Waals surface area contributed by atoms with E-state index in [1.807, 2.05) is 79.7 Å². The molecule has 0 spiro atoms. The van der Waals surface area contributed by atoms with E-state index < -0.39 is 11.9 Å². The molecule has 1 aliphatic heterocycles. The van der Waals surface area contributed by atoms with E-state index in [2.05, 4.69) is 0 Å². The molecule has 43 heavy (non-hydrogen) atoms. The van der Waals surface area contributed by atoms with Crippen LogP contribution in [0.15, 0.2) is 121 Å². The lowest BCUT2D eigenvalue weighted by Gasteiger charge is -2.26. The molecule has 1 heterocycles. The van der Waals surface area contributed by atoms with Gasteiger partial charge in [-0.05, 0) is 64.9 Å². The predicted molar refractivity (Wildman–Crippen MR) is 165 cm³/mol. The third-order valence-corrected chi connectivity index (χ3v) is 7.45. The second-order valence-corrected chi connectivity index (χ2v) is 10.3. The second-order valence-electron chi connectivity index (χ2n) is 10.3. The van der Waals surface area contributed by atoms with Gasteiger partial charge in [-0.2, -0.15) is 0 Å². The first-order valence-electron chi connectivity index (χ1n) is 14.0. The number of rotatable bonds is 4. The van der Waals surface area contributed by atoms with E-state index in [9.17, 15) is 9.59 Å². The smallest absolute Gasteiger partial charge is 0.344 e. The average molecular weight is 567 g/mol. The van der Waals surface area contributed by atoms with E-state index in [-0.39, 0.29) is 24.2 Å². The molecule has 0 fully saturated rings. The molecule has 6 nitrogen and oxygen atoms in total. The fourth-order valence-electron chi connectivity index (χ4n) is 5.48.